The van der Waals surface area contributed by atoms with E-state index in [1.165, 1.54) is 0 Å². The van der Waals surface area contributed by atoms with Gasteiger partial charge in [-0.15, -0.1) is 0 Å². The van der Waals surface area contributed by atoms with E-state index in [1.807, 2.05) is 42.5 Å². The SMILES string of the molecule is C=C1c2ccc(OCc3ccccc3)cc2COC12OCc1ccccc12. The van der Waals surface area contributed by atoms with Gasteiger partial charge in [-0.25, -0.2) is 0 Å². The van der Waals surface area contributed by atoms with Crippen LogP contribution >= 0.6 is 0 Å². The van der Waals surface area contributed by atoms with Crippen LogP contribution in [-0.2, 0) is 35.1 Å². The summed E-state index contributed by atoms with van der Waals surface area (Å²) in [6, 6.07) is 24.4. The van der Waals surface area contributed by atoms with E-state index in [1.54, 1.807) is 0 Å². The number of fused-ring (bicyclic) bond motifs is 3. The van der Waals surface area contributed by atoms with Crippen molar-refractivity contribution in [1.29, 1.82) is 0 Å². The standard InChI is InChI=1S/C24H20O3/c1-17-22-12-11-21(25-14-18-7-3-2-4-8-18)13-20(22)16-27-24(17)23-10-6-5-9-19(23)15-26-24/h2-13H,1,14-16H2. The van der Waals surface area contributed by atoms with Crippen molar-refractivity contribution in [2.45, 2.75) is 25.6 Å². The maximum atomic E-state index is 6.23. The van der Waals surface area contributed by atoms with Crippen LogP contribution in [-0.4, -0.2) is 0 Å². The molecule has 2 heterocycles. The summed E-state index contributed by atoms with van der Waals surface area (Å²) >= 11 is 0. The minimum atomic E-state index is -0.865. The third-order valence-electron chi connectivity index (χ3n) is 5.28. The Kier molecular flexibility index (Phi) is 3.85. The fourth-order valence-corrected chi connectivity index (χ4v) is 3.85. The molecule has 0 radical (unpaired) electrons. The van der Waals surface area contributed by atoms with Crippen molar-refractivity contribution in [1.82, 2.24) is 0 Å². The Hall–Kier alpha value is -2.88. The summed E-state index contributed by atoms with van der Waals surface area (Å²) in [6.45, 7) is 5.87. The molecule has 1 unspecified atom stereocenters. The van der Waals surface area contributed by atoms with Crippen LogP contribution in [0.3, 0.4) is 0 Å². The molecule has 2 aliphatic rings. The minimum Gasteiger partial charge on any atom is -0.489 e. The number of ether oxygens (including phenoxy) is 3. The second-order valence-corrected chi connectivity index (χ2v) is 6.92. The zero-order valence-electron chi connectivity index (χ0n) is 15.0. The van der Waals surface area contributed by atoms with Crippen LogP contribution < -0.4 is 4.74 Å². The molecule has 0 aromatic heterocycles. The summed E-state index contributed by atoms with van der Waals surface area (Å²) < 4.78 is 18.3. The van der Waals surface area contributed by atoms with E-state index in [0.29, 0.717) is 19.8 Å². The van der Waals surface area contributed by atoms with Gasteiger partial charge in [-0.2, -0.15) is 0 Å². The van der Waals surface area contributed by atoms with Gasteiger partial charge in [0.2, 0.25) is 5.79 Å². The predicted octanol–water partition coefficient (Wildman–Crippen LogP) is 5.19. The summed E-state index contributed by atoms with van der Waals surface area (Å²) in [6.07, 6.45) is 0. The first-order valence-electron chi connectivity index (χ1n) is 9.12. The van der Waals surface area contributed by atoms with E-state index in [9.17, 15) is 0 Å². The molecule has 5 rings (SSSR count). The zero-order valence-corrected chi connectivity index (χ0v) is 15.0. The highest BCUT2D eigenvalue weighted by molar-refractivity contribution is 5.76. The number of hydrogen-bond donors (Lipinski definition) is 0. The van der Waals surface area contributed by atoms with Gasteiger partial charge in [0, 0.05) is 11.1 Å². The van der Waals surface area contributed by atoms with E-state index >= 15 is 0 Å². The van der Waals surface area contributed by atoms with Crippen LogP contribution in [0.1, 0.15) is 27.8 Å². The first-order chi connectivity index (χ1) is 13.3. The largest absolute Gasteiger partial charge is 0.489 e. The number of hydrogen-bond acceptors (Lipinski definition) is 3. The smallest absolute Gasteiger partial charge is 0.223 e. The summed E-state index contributed by atoms with van der Waals surface area (Å²) in [5.41, 5.74) is 6.36. The first-order valence-corrected chi connectivity index (χ1v) is 9.12. The van der Waals surface area contributed by atoms with E-state index in [2.05, 4.69) is 36.9 Å². The van der Waals surface area contributed by atoms with Crippen molar-refractivity contribution in [2.24, 2.45) is 0 Å². The molecule has 3 aromatic carbocycles. The Morgan fingerprint density at radius 3 is 2.44 bits per heavy atom. The highest BCUT2D eigenvalue weighted by Gasteiger charge is 2.47. The van der Waals surface area contributed by atoms with Crippen molar-refractivity contribution in [2.75, 3.05) is 0 Å². The molecule has 3 heteroatoms. The van der Waals surface area contributed by atoms with Crippen LogP contribution in [0.4, 0.5) is 0 Å². The lowest BCUT2D eigenvalue weighted by molar-refractivity contribution is -0.207. The molecule has 0 amide bonds. The fourth-order valence-electron chi connectivity index (χ4n) is 3.85. The summed E-state index contributed by atoms with van der Waals surface area (Å²) in [5, 5.41) is 0. The normalized spacial score (nSPS) is 20.4. The third-order valence-corrected chi connectivity index (χ3v) is 5.28. The molecule has 3 aromatic rings. The molecule has 27 heavy (non-hydrogen) atoms. The monoisotopic (exact) mass is 356 g/mol. The Morgan fingerprint density at radius 1 is 0.852 bits per heavy atom. The molecule has 2 aliphatic heterocycles. The van der Waals surface area contributed by atoms with Gasteiger partial charge in [0.1, 0.15) is 12.4 Å². The topological polar surface area (TPSA) is 27.7 Å². The van der Waals surface area contributed by atoms with E-state index in [4.69, 9.17) is 14.2 Å². The van der Waals surface area contributed by atoms with E-state index < -0.39 is 5.79 Å². The first kappa shape index (κ1) is 16.3. The predicted molar refractivity (Wildman–Crippen MR) is 104 cm³/mol. The molecule has 0 aliphatic carbocycles. The highest BCUT2D eigenvalue weighted by atomic mass is 16.7. The number of benzene rings is 3. The van der Waals surface area contributed by atoms with Gasteiger partial charge in [0.25, 0.3) is 0 Å². The quantitative estimate of drug-likeness (QED) is 0.646. The van der Waals surface area contributed by atoms with E-state index in [0.717, 1.165) is 39.1 Å². The average Bonchev–Trinajstić information content (AvgIpc) is 3.10. The van der Waals surface area contributed by atoms with Gasteiger partial charge in [0.15, 0.2) is 0 Å². The second kappa shape index (κ2) is 6.38. The van der Waals surface area contributed by atoms with Crippen LogP contribution in [0.25, 0.3) is 5.57 Å². The summed E-state index contributed by atoms with van der Waals surface area (Å²) in [4.78, 5) is 0. The van der Waals surface area contributed by atoms with Crippen molar-refractivity contribution >= 4 is 5.57 Å². The fraction of sp³-hybridized carbons (Fsp3) is 0.167. The van der Waals surface area contributed by atoms with Crippen LogP contribution in [0.2, 0.25) is 0 Å². The lowest BCUT2D eigenvalue weighted by Crippen LogP contribution is -2.34. The molecule has 134 valence electrons. The van der Waals surface area contributed by atoms with Crippen LogP contribution in [0.15, 0.2) is 79.4 Å². The maximum absolute atomic E-state index is 6.23. The molecule has 0 fully saturated rings. The van der Waals surface area contributed by atoms with E-state index in [-0.39, 0.29) is 0 Å². The molecule has 0 saturated heterocycles. The van der Waals surface area contributed by atoms with Crippen molar-refractivity contribution < 1.29 is 14.2 Å². The van der Waals surface area contributed by atoms with Gasteiger partial charge in [-0.3, -0.25) is 0 Å². The summed E-state index contributed by atoms with van der Waals surface area (Å²) in [5.74, 6) is -0.0339. The van der Waals surface area contributed by atoms with Gasteiger partial charge < -0.3 is 14.2 Å². The van der Waals surface area contributed by atoms with Gasteiger partial charge in [0.05, 0.1) is 13.2 Å². The van der Waals surface area contributed by atoms with Crippen molar-refractivity contribution in [3.8, 4) is 5.75 Å². The molecular weight excluding hydrogens is 336 g/mol. The van der Waals surface area contributed by atoms with Gasteiger partial charge in [-0.05, 0) is 34.4 Å². The van der Waals surface area contributed by atoms with Crippen LogP contribution in [0.5, 0.6) is 5.75 Å². The Balaban J connectivity index is 1.41. The molecule has 0 saturated carbocycles. The average molecular weight is 356 g/mol. The number of rotatable bonds is 3. The lowest BCUT2D eigenvalue weighted by Gasteiger charge is -2.37. The highest BCUT2D eigenvalue weighted by Crippen LogP contribution is 2.50. The Morgan fingerprint density at radius 2 is 1.59 bits per heavy atom. The molecule has 0 bridgehead atoms. The Labute approximate surface area is 158 Å². The molecule has 1 spiro atoms. The molecule has 3 nitrogen and oxygen atoms in total. The maximum Gasteiger partial charge on any atom is 0.223 e. The summed E-state index contributed by atoms with van der Waals surface area (Å²) in [7, 11) is 0. The minimum absolute atomic E-state index is 0.464. The van der Waals surface area contributed by atoms with Crippen molar-refractivity contribution in [3.05, 3.63) is 107 Å². The lowest BCUT2D eigenvalue weighted by atomic mass is 9.87. The molecular formula is C24H20O3. The van der Waals surface area contributed by atoms with Gasteiger partial charge >= 0.3 is 0 Å². The van der Waals surface area contributed by atoms with Crippen LogP contribution in [0, 0.1) is 0 Å². The van der Waals surface area contributed by atoms with Crippen molar-refractivity contribution in [3.63, 3.8) is 0 Å². The second-order valence-electron chi connectivity index (χ2n) is 6.92. The molecule has 1 atom stereocenters. The van der Waals surface area contributed by atoms with Gasteiger partial charge in [-0.1, -0.05) is 67.2 Å². The Bertz CT molecular complexity index is 1010. The molecule has 0 N–H and O–H groups in total. The zero-order chi connectivity index (χ0) is 18.3. The third kappa shape index (κ3) is 2.67.